The van der Waals surface area contributed by atoms with Crippen molar-refractivity contribution in [2.75, 3.05) is 13.6 Å². The molecule has 0 amide bonds. The lowest BCUT2D eigenvalue weighted by Gasteiger charge is -2.28. The van der Waals surface area contributed by atoms with Gasteiger partial charge in [-0.05, 0) is 39.3 Å². The second-order valence-corrected chi connectivity index (χ2v) is 6.83. The molecule has 2 heterocycles. The molecule has 3 rings (SSSR count). The number of nitrogens with zero attached hydrogens (tertiary/aromatic N) is 3. The van der Waals surface area contributed by atoms with Crippen LogP contribution in [0.5, 0.6) is 0 Å². The zero-order chi connectivity index (χ0) is 15.0. The van der Waals surface area contributed by atoms with Gasteiger partial charge in [-0.3, -0.25) is 14.1 Å². The molecule has 0 aromatic carbocycles. The van der Waals surface area contributed by atoms with E-state index in [-0.39, 0.29) is 5.56 Å². The van der Waals surface area contributed by atoms with Crippen LogP contribution < -0.4 is 11.3 Å². The van der Waals surface area contributed by atoms with E-state index in [1.807, 2.05) is 12.3 Å². The van der Waals surface area contributed by atoms with Crippen LogP contribution >= 0.6 is 11.3 Å². The Morgan fingerprint density at radius 2 is 2.33 bits per heavy atom. The molecular weight excluding hydrogens is 284 g/mol. The highest BCUT2D eigenvalue weighted by molar-refractivity contribution is 7.15. The maximum absolute atomic E-state index is 12.2. The summed E-state index contributed by atoms with van der Waals surface area (Å²) in [4.78, 5) is 19.9. The van der Waals surface area contributed by atoms with Crippen molar-refractivity contribution in [3.63, 3.8) is 0 Å². The third kappa shape index (κ3) is 2.75. The Kier molecular flexibility index (Phi) is 4.10. The van der Waals surface area contributed by atoms with Gasteiger partial charge in [-0.15, -0.1) is 11.3 Å². The second-order valence-electron chi connectivity index (χ2n) is 5.99. The van der Waals surface area contributed by atoms with Gasteiger partial charge >= 0.3 is 0 Å². The predicted octanol–water partition coefficient (Wildman–Crippen LogP) is 1.62. The molecule has 2 atom stereocenters. The lowest BCUT2D eigenvalue weighted by atomic mass is 10.0. The fraction of sp³-hybridized carbons (Fsp3) is 0.600. The fourth-order valence-corrected chi connectivity index (χ4v) is 4.32. The summed E-state index contributed by atoms with van der Waals surface area (Å²) in [6.45, 7) is 3.39. The average molecular weight is 306 g/mol. The van der Waals surface area contributed by atoms with Crippen LogP contribution in [0, 0.1) is 12.8 Å². The molecule has 1 aliphatic carbocycles. The van der Waals surface area contributed by atoms with E-state index in [0.29, 0.717) is 18.5 Å². The molecule has 0 spiro atoms. The first-order valence-electron chi connectivity index (χ1n) is 7.47. The predicted molar refractivity (Wildman–Crippen MR) is 85.7 cm³/mol. The van der Waals surface area contributed by atoms with Crippen molar-refractivity contribution in [1.82, 2.24) is 14.3 Å². The molecule has 2 unspecified atom stereocenters. The van der Waals surface area contributed by atoms with Gasteiger partial charge < -0.3 is 5.73 Å². The largest absolute Gasteiger partial charge is 0.330 e. The van der Waals surface area contributed by atoms with Crippen LogP contribution in [0.3, 0.4) is 0 Å². The van der Waals surface area contributed by atoms with Gasteiger partial charge in [0.2, 0.25) is 0 Å². The molecule has 114 valence electrons. The Morgan fingerprint density at radius 1 is 1.52 bits per heavy atom. The fourth-order valence-electron chi connectivity index (χ4n) is 3.43. The molecule has 0 bridgehead atoms. The topological polar surface area (TPSA) is 63.6 Å². The Hall–Kier alpha value is -1.24. The van der Waals surface area contributed by atoms with E-state index in [9.17, 15) is 4.79 Å². The minimum Gasteiger partial charge on any atom is -0.330 e. The summed E-state index contributed by atoms with van der Waals surface area (Å²) in [5.74, 6) is 0.573. The quantitative estimate of drug-likeness (QED) is 0.932. The molecular formula is C15H22N4OS. The average Bonchev–Trinajstić information content (AvgIpc) is 3.05. The summed E-state index contributed by atoms with van der Waals surface area (Å²) >= 11 is 1.52. The molecule has 2 aromatic heterocycles. The molecule has 0 radical (unpaired) electrons. The number of hydrogen-bond donors (Lipinski definition) is 1. The summed E-state index contributed by atoms with van der Waals surface area (Å²) in [6.07, 6.45) is 3.65. The highest BCUT2D eigenvalue weighted by atomic mass is 32.1. The third-order valence-corrected chi connectivity index (χ3v) is 5.47. The van der Waals surface area contributed by atoms with E-state index in [4.69, 9.17) is 5.73 Å². The van der Waals surface area contributed by atoms with Gasteiger partial charge in [-0.25, -0.2) is 4.98 Å². The molecule has 2 aromatic rings. The van der Waals surface area contributed by atoms with E-state index < -0.39 is 0 Å². The van der Waals surface area contributed by atoms with Crippen LogP contribution in [0.25, 0.3) is 4.96 Å². The van der Waals surface area contributed by atoms with Gasteiger partial charge in [0.15, 0.2) is 4.96 Å². The molecule has 0 saturated heterocycles. The van der Waals surface area contributed by atoms with Crippen LogP contribution in [-0.2, 0) is 6.54 Å². The molecule has 1 fully saturated rings. The van der Waals surface area contributed by atoms with Crippen LogP contribution in [0.1, 0.15) is 30.7 Å². The van der Waals surface area contributed by atoms with Gasteiger partial charge in [-0.1, -0.05) is 6.42 Å². The van der Waals surface area contributed by atoms with Crippen molar-refractivity contribution in [2.24, 2.45) is 11.7 Å². The number of hydrogen-bond acceptors (Lipinski definition) is 5. The molecule has 1 aliphatic rings. The second kappa shape index (κ2) is 5.87. The highest BCUT2D eigenvalue weighted by Gasteiger charge is 2.29. The standard InChI is InChI=1S/C15H22N4OS/c1-10-9-21-15-17-12(6-14(20)19(10)15)8-18(2)13-5-3-4-11(13)7-16/h6,9,11,13H,3-5,7-8,16H2,1-2H3. The number of rotatable bonds is 4. The first kappa shape index (κ1) is 14.7. The van der Waals surface area contributed by atoms with Crippen LogP contribution in [0.15, 0.2) is 16.2 Å². The van der Waals surface area contributed by atoms with Crippen LogP contribution in [0.4, 0.5) is 0 Å². The van der Waals surface area contributed by atoms with Gasteiger partial charge in [0.1, 0.15) is 0 Å². The maximum Gasteiger partial charge on any atom is 0.259 e. The summed E-state index contributed by atoms with van der Waals surface area (Å²) in [6, 6.07) is 2.18. The van der Waals surface area contributed by atoms with Crippen LogP contribution in [0.2, 0.25) is 0 Å². The Morgan fingerprint density at radius 3 is 3.10 bits per heavy atom. The maximum atomic E-state index is 12.2. The summed E-state index contributed by atoms with van der Waals surface area (Å²) in [5, 5.41) is 1.97. The lowest BCUT2D eigenvalue weighted by molar-refractivity contribution is 0.191. The number of nitrogens with two attached hydrogens (primary N) is 1. The minimum absolute atomic E-state index is 0.0175. The summed E-state index contributed by atoms with van der Waals surface area (Å²) < 4.78 is 1.67. The zero-order valence-electron chi connectivity index (χ0n) is 12.6. The summed E-state index contributed by atoms with van der Waals surface area (Å²) in [7, 11) is 2.11. The van der Waals surface area contributed by atoms with Crippen molar-refractivity contribution in [3.05, 3.63) is 33.2 Å². The van der Waals surface area contributed by atoms with Crippen LogP contribution in [-0.4, -0.2) is 33.9 Å². The normalized spacial score (nSPS) is 22.5. The molecule has 6 heteroatoms. The van der Waals surface area contributed by atoms with E-state index >= 15 is 0 Å². The molecule has 1 saturated carbocycles. The molecule has 21 heavy (non-hydrogen) atoms. The van der Waals surface area contributed by atoms with Crippen molar-refractivity contribution >= 4 is 16.3 Å². The van der Waals surface area contributed by atoms with E-state index in [2.05, 4.69) is 16.9 Å². The first-order chi connectivity index (χ1) is 10.1. The van der Waals surface area contributed by atoms with Gasteiger partial charge in [0, 0.05) is 29.7 Å². The van der Waals surface area contributed by atoms with Crippen molar-refractivity contribution in [2.45, 2.75) is 38.8 Å². The monoisotopic (exact) mass is 306 g/mol. The van der Waals surface area contributed by atoms with Gasteiger partial charge in [0.25, 0.3) is 5.56 Å². The SMILES string of the molecule is Cc1csc2nc(CN(C)C3CCCC3CN)cc(=O)n12. The van der Waals surface area contributed by atoms with E-state index in [0.717, 1.165) is 22.9 Å². The van der Waals surface area contributed by atoms with E-state index in [1.165, 1.54) is 30.6 Å². The minimum atomic E-state index is 0.0175. The number of aryl methyl sites for hydroxylation is 1. The highest BCUT2D eigenvalue weighted by Crippen LogP contribution is 2.29. The summed E-state index contributed by atoms with van der Waals surface area (Å²) in [5.41, 5.74) is 7.68. The number of aromatic nitrogens is 2. The molecule has 2 N–H and O–H groups in total. The van der Waals surface area contributed by atoms with E-state index in [1.54, 1.807) is 10.5 Å². The lowest BCUT2D eigenvalue weighted by Crippen LogP contribution is -2.37. The van der Waals surface area contributed by atoms with Crippen molar-refractivity contribution in [3.8, 4) is 0 Å². The zero-order valence-corrected chi connectivity index (χ0v) is 13.4. The third-order valence-electron chi connectivity index (χ3n) is 4.53. The molecule has 5 nitrogen and oxygen atoms in total. The molecule has 0 aliphatic heterocycles. The van der Waals surface area contributed by atoms with Crippen molar-refractivity contribution < 1.29 is 0 Å². The van der Waals surface area contributed by atoms with Crippen molar-refractivity contribution in [1.29, 1.82) is 0 Å². The number of thiazole rings is 1. The van der Waals surface area contributed by atoms with Gasteiger partial charge in [0.05, 0.1) is 5.69 Å². The first-order valence-corrected chi connectivity index (χ1v) is 8.35. The Labute approximate surface area is 128 Å². The van der Waals surface area contributed by atoms with Gasteiger partial charge in [-0.2, -0.15) is 0 Å². The number of fused-ring (bicyclic) bond motifs is 1. The smallest absolute Gasteiger partial charge is 0.259 e. The Balaban J connectivity index is 1.83. The Bertz CT molecular complexity index is 693.